The number of hydrogen-bond donors (Lipinski definition) is 0. The molecule has 592 valence electrons. The van der Waals surface area contributed by atoms with Crippen LogP contribution in [0.3, 0.4) is 0 Å². The highest BCUT2D eigenvalue weighted by molar-refractivity contribution is 7.27. The predicted molar refractivity (Wildman–Crippen MR) is 549 cm³/mol. The molecule has 128 heavy (non-hydrogen) atoms. The van der Waals surface area contributed by atoms with Gasteiger partial charge in [0.2, 0.25) is 0 Å². The standard InChI is InChI=1S/C60H34N2OS.C60H34N2S2/c2*1-5-19-52-42(11-1)50-33-38(34-51-43-12-2-6-20-53(43)62(52)58(50)51)35-23-27-39(28-24-35)61-54-29-25-36(40-15-9-17-46-44-13-3-7-21-56(44)63-59(40)46)31-48(54)49-32-37(26-30-55(49)61)41-16-10-18-47-45-14-4-8-22-57(45)64-60(41)47/h2*1-34H. The zero-order valence-corrected chi connectivity index (χ0v) is 71.1. The average molecular weight is 1680 g/mol. The van der Waals surface area contributed by atoms with Crippen molar-refractivity contribution >= 4 is 236 Å². The number of furan rings is 1. The van der Waals surface area contributed by atoms with E-state index in [0.717, 1.165) is 44.4 Å². The molecule has 5 nitrogen and oxygen atoms in total. The van der Waals surface area contributed by atoms with Crippen LogP contribution in [0.2, 0.25) is 0 Å². The average Bonchev–Trinajstić information content (AvgIpc) is 1.54. The van der Waals surface area contributed by atoms with E-state index in [9.17, 15) is 0 Å². The maximum absolute atomic E-state index is 6.57. The van der Waals surface area contributed by atoms with Crippen molar-refractivity contribution in [2.75, 3.05) is 0 Å². The van der Waals surface area contributed by atoms with E-state index in [1.165, 1.54) is 236 Å². The first-order chi connectivity index (χ1) is 63.5. The number of para-hydroxylation sites is 6. The van der Waals surface area contributed by atoms with Gasteiger partial charge in [-0.15, -0.1) is 34.0 Å². The Kier molecular flexibility index (Phi) is 14.8. The van der Waals surface area contributed by atoms with Crippen molar-refractivity contribution in [3.63, 3.8) is 0 Å². The molecule has 0 fully saturated rings. The first kappa shape index (κ1) is 70.5. The summed E-state index contributed by atoms with van der Waals surface area (Å²) in [4.78, 5) is 0. The number of aromatic nitrogens is 4. The molecule has 10 heterocycles. The van der Waals surface area contributed by atoms with Crippen molar-refractivity contribution in [2.24, 2.45) is 0 Å². The summed E-state index contributed by atoms with van der Waals surface area (Å²) in [5.41, 5.74) is 31.1. The highest BCUT2D eigenvalue weighted by Gasteiger charge is 2.26. The molecule has 30 rings (SSSR count). The van der Waals surface area contributed by atoms with Crippen molar-refractivity contribution in [1.29, 1.82) is 0 Å². The predicted octanol–water partition coefficient (Wildman–Crippen LogP) is 34.9. The molecule has 0 aliphatic rings. The summed E-state index contributed by atoms with van der Waals surface area (Å²) < 4.78 is 24.3. The summed E-state index contributed by atoms with van der Waals surface area (Å²) >= 11 is 5.67. The quantitative estimate of drug-likeness (QED) is 0.149. The van der Waals surface area contributed by atoms with Crippen LogP contribution in [0.1, 0.15) is 0 Å². The minimum absolute atomic E-state index is 0.909. The first-order valence-corrected chi connectivity index (χ1v) is 46.3. The molecule has 20 aromatic carbocycles. The fraction of sp³-hybridized carbons (Fsp3) is 0. The van der Waals surface area contributed by atoms with Gasteiger partial charge in [0.1, 0.15) is 11.2 Å². The molecule has 0 aliphatic carbocycles. The molecular weight excluding hydrogens is 1610 g/mol. The Morgan fingerprint density at radius 3 is 0.805 bits per heavy atom. The van der Waals surface area contributed by atoms with Gasteiger partial charge in [0, 0.05) is 153 Å². The lowest BCUT2D eigenvalue weighted by Gasteiger charge is -2.11. The molecule has 0 bridgehead atoms. The van der Waals surface area contributed by atoms with Gasteiger partial charge < -0.3 is 22.4 Å². The topological polar surface area (TPSA) is 31.8 Å². The van der Waals surface area contributed by atoms with Crippen LogP contribution in [-0.4, -0.2) is 17.9 Å². The van der Waals surface area contributed by atoms with Crippen molar-refractivity contribution in [1.82, 2.24) is 17.9 Å². The third-order valence-electron chi connectivity index (χ3n) is 27.7. The largest absolute Gasteiger partial charge is 0.455 e. The second kappa shape index (κ2) is 26.8. The molecule has 30 aromatic rings. The SMILES string of the molecule is c1ccc2c(c1)oc1c(-c3ccc4c(c3)c3cc(-c5cccc6c5sc5ccccc56)ccc3n4-c3ccc(-c4cc5c6ccccc6n6c7ccccc7c(c4)c56)cc3)cccc12.c1ccc2c(c1)sc1c(-c3ccc4c(c3)c3cc(-c5cccc6c5sc5ccccc56)ccc3n4-c3ccc(-c4cc5c6ccccc6n6c7ccccc7c(c4)c56)cc3)cccc12. The normalized spacial score (nSPS) is 12.4. The fourth-order valence-electron chi connectivity index (χ4n) is 22.0. The van der Waals surface area contributed by atoms with Gasteiger partial charge in [-0.05, 0) is 207 Å². The summed E-state index contributed by atoms with van der Waals surface area (Å²) in [5.74, 6) is 0. The van der Waals surface area contributed by atoms with Crippen LogP contribution >= 0.6 is 34.0 Å². The summed E-state index contributed by atoms with van der Waals surface area (Å²) in [7, 11) is 0. The molecule has 0 atom stereocenters. The van der Waals surface area contributed by atoms with Crippen molar-refractivity contribution < 1.29 is 4.42 Å². The van der Waals surface area contributed by atoms with Crippen LogP contribution in [0.4, 0.5) is 0 Å². The maximum Gasteiger partial charge on any atom is 0.143 e. The van der Waals surface area contributed by atoms with Crippen LogP contribution < -0.4 is 0 Å². The number of hydrogen-bond acceptors (Lipinski definition) is 4. The van der Waals surface area contributed by atoms with Crippen LogP contribution in [0.25, 0.3) is 280 Å². The molecule has 0 unspecified atom stereocenters. The van der Waals surface area contributed by atoms with Gasteiger partial charge in [0.25, 0.3) is 0 Å². The van der Waals surface area contributed by atoms with E-state index >= 15 is 0 Å². The minimum atomic E-state index is 0.909. The molecule has 0 amide bonds. The number of benzene rings is 20. The molecule has 0 spiro atoms. The Hall–Kier alpha value is -15.9. The fourth-order valence-corrected chi connectivity index (χ4v) is 25.7. The molecule has 0 radical (unpaired) electrons. The van der Waals surface area contributed by atoms with E-state index in [0.29, 0.717) is 0 Å². The summed E-state index contributed by atoms with van der Waals surface area (Å²) in [6.07, 6.45) is 0. The van der Waals surface area contributed by atoms with E-state index < -0.39 is 0 Å². The maximum atomic E-state index is 6.57. The van der Waals surface area contributed by atoms with Crippen LogP contribution in [0.15, 0.2) is 417 Å². The second-order valence-electron chi connectivity index (χ2n) is 34.4. The third-order valence-corrected chi connectivity index (χ3v) is 31.4. The number of fused-ring (bicyclic) bond motifs is 30. The van der Waals surface area contributed by atoms with Gasteiger partial charge in [-0.1, -0.05) is 267 Å². The molecular formula is C120H68N4OS3. The molecule has 8 heteroatoms. The lowest BCUT2D eigenvalue weighted by Crippen LogP contribution is -1.94. The van der Waals surface area contributed by atoms with Crippen molar-refractivity contribution in [3.8, 4) is 78.1 Å². The van der Waals surface area contributed by atoms with Gasteiger partial charge in [-0.25, -0.2) is 0 Å². The Labute approximate surface area is 743 Å². The van der Waals surface area contributed by atoms with Crippen LogP contribution in [-0.2, 0) is 0 Å². The zero-order valence-electron chi connectivity index (χ0n) is 68.7. The molecule has 0 aliphatic heterocycles. The Balaban J connectivity index is 0.000000127. The highest BCUT2D eigenvalue weighted by Crippen LogP contribution is 2.51. The van der Waals surface area contributed by atoms with E-state index in [1.54, 1.807) is 0 Å². The van der Waals surface area contributed by atoms with E-state index in [1.807, 2.05) is 40.1 Å². The van der Waals surface area contributed by atoms with Gasteiger partial charge in [0.15, 0.2) is 0 Å². The lowest BCUT2D eigenvalue weighted by molar-refractivity contribution is 0.670. The van der Waals surface area contributed by atoms with Gasteiger partial charge in [-0.3, -0.25) is 0 Å². The summed E-state index contributed by atoms with van der Waals surface area (Å²) in [6.45, 7) is 0. The minimum Gasteiger partial charge on any atom is -0.455 e. The molecule has 10 aromatic heterocycles. The monoisotopic (exact) mass is 1680 g/mol. The Morgan fingerprint density at radius 1 is 0.172 bits per heavy atom. The van der Waals surface area contributed by atoms with Crippen LogP contribution in [0, 0.1) is 0 Å². The van der Waals surface area contributed by atoms with Crippen LogP contribution in [0.5, 0.6) is 0 Å². The smallest absolute Gasteiger partial charge is 0.143 e. The highest BCUT2D eigenvalue weighted by atomic mass is 32.1. The number of rotatable bonds is 8. The number of nitrogens with zero attached hydrogens (tertiary/aromatic N) is 4. The molecule has 0 saturated carbocycles. The molecule has 0 N–H and O–H groups in total. The Bertz CT molecular complexity index is 8910. The van der Waals surface area contributed by atoms with E-state index in [-0.39, 0.29) is 0 Å². The third kappa shape index (κ3) is 10.1. The van der Waals surface area contributed by atoms with Gasteiger partial charge >= 0.3 is 0 Å². The zero-order chi connectivity index (χ0) is 83.2. The first-order valence-electron chi connectivity index (χ1n) is 43.8. The lowest BCUT2D eigenvalue weighted by atomic mass is 9.98. The molecule has 0 saturated heterocycles. The van der Waals surface area contributed by atoms with Gasteiger partial charge in [0.05, 0.1) is 55.2 Å². The van der Waals surface area contributed by atoms with Crippen molar-refractivity contribution in [2.45, 2.75) is 0 Å². The van der Waals surface area contributed by atoms with Gasteiger partial charge in [-0.2, -0.15) is 0 Å². The van der Waals surface area contributed by atoms with E-state index in [2.05, 4.69) is 424 Å². The Morgan fingerprint density at radius 2 is 0.445 bits per heavy atom. The number of thiophene rings is 3. The van der Waals surface area contributed by atoms with E-state index in [4.69, 9.17) is 4.42 Å². The summed E-state index contributed by atoms with van der Waals surface area (Å²) in [6, 6.07) is 153. The second-order valence-corrected chi connectivity index (χ2v) is 37.6. The van der Waals surface area contributed by atoms with Crippen molar-refractivity contribution in [3.05, 3.63) is 413 Å². The summed E-state index contributed by atoms with van der Waals surface area (Å²) in [5, 5.41) is 25.5.